The highest BCUT2D eigenvalue weighted by Gasteiger charge is 2.30. The topological polar surface area (TPSA) is 55.1 Å². The van der Waals surface area contributed by atoms with Crippen LogP contribution in [0.5, 0.6) is 0 Å². The third-order valence-corrected chi connectivity index (χ3v) is 3.18. The maximum Gasteiger partial charge on any atom is 0.219 e. The molecule has 0 saturated heterocycles. The zero-order chi connectivity index (χ0) is 11.9. The highest BCUT2D eigenvalue weighted by Crippen LogP contribution is 2.25. The lowest BCUT2D eigenvalue weighted by molar-refractivity contribution is -0.119. The molecule has 1 amide bonds. The quantitative estimate of drug-likeness (QED) is 0.650. The fourth-order valence-corrected chi connectivity index (χ4v) is 2.12. The molecule has 3 N–H and O–H groups in total. The second kappa shape index (κ2) is 6.83. The number of primary amides is 1. The van der Waals surface area contributed by atoms with Crippen molar-refractivity contribution in [3.05, 3.63) is 0 Å². The second-order valence-electron chi connectivity index (χ2n) is 4.52. The van der Waals surface area contributed by atoms with Crippen LogP contribution in [0.1, 0.15) is 53.4 Å². The van der Waals surface area contributed by atoms with Gasteiger partial charge in [0.2, 0.25) is 5.91 Å². The minimum Gasteiger partial charge on any atom is -0.370 e. The van der Waals surface area contributed by atoms with Crippen LogP contribution in [-0.2, 0) is 4.79 Å². The fraction of sp³-hybridized carbons (Fsp3) is 0.917. The van der Waals surface area contributed by atoms with Crippen LogP contribution in [0, 0.1) is 5.92 Å². The minimum absolute atomic E-state index is 0.0873. The summed E-state index contributed by atoms with van der Waals surface area (Å²) in [6.07, 6.45) is 3.57. The number of hydrogen-bond acceptors (Lipinski definition) is 2. The Hall–Kier alpha value is -0.570. The van der Waals surface area contributed by atoms with E-state index in [1.165, 1.54) is 0 Å². The van der Waals surface area contributed by atoms with Gasteiger partial charge in [0.05, 0.1) is 0 Å². The summed E-state index contributed by atoms with van der Waals surface area (Å²) in [7, 11) is 0. The summed E-state index contributed by atoms with van der Waals surface area (Å²) in [5.74, 6) is 0.421. The second-order valence-corrected chi connectivity index (χ2v) is 4.52. The van der Waals surface area contributed by atoms with Gasteiger partial charge in [0.15, 0.2) is 0 Å². The molecule has 0 aliphatic carbocycles. The van der Waals surface area contributed by atoms with Crippen LogP contribution in [0.15, 0.2) is 0 Å². The first-order valence-corrected chi connectivity index (χ1v) is 6.03. The van der Waals surface area contributed by atoms with E-state index < -0.39 is 0 Å². The molecule has 3 heteroatoms. The average Bonchev–Trinajstić information content (AvgIpc) is 2.16. The Labute approximate surface area is 93.8 Å². The van der Waals surface area contributed by atoms with E-state index in [9.17, 15) is 4.79 Å². The summed E-state index contributed by atoms with van der Waals surface area (Å²) in [5.41, 5.74) is 5.24. The van der Waals surface area contributed by atoms with E-state index in [1.807, 2.05) is 0 Å². The van der Waals surface area contributed by atoms with E-state index in [0.29, 0.717) is 12.3 Å². The van der Waals surface area contributed by atoms with E-state index in [1.54, 1.807) is 0 Å². The Morgan fingerprint density at radius 1 is 1.40 bits per heavy atom. The number of rotatable bonds is 8. The lowest BCUT2D eigenvalue weighted by Gasteiger charge is -2.35. The van der Waals surface area contributed by atoms with Crippen molar-refractivity contribution in [1.82, 2.24) is 5.32 Å². The largest absolute Gasteiger partial charge is 0.370 e. The van der Waals surface area contributed by atoms with E-state index in [0.717, 1.165) is 25.8 Å². The molecule has 3 nitrogen and oxygen atoms in total. The Morgan fingerprint density at radius 2 is 2.00 bits per heavy atom. The van der Waals surface area contributed by atoms with E-state index in [4.69, 9.17) is 5.73 Å². The Kier molecular flexibility index (Phi) is 6.57. The molecule has 0 radical (unpaired) electrons. The van der Waals surface area contributed by atoms with Gasteiger partial charge in [-0.15, -0.1) is 0 Å². The normalized spacial score (nSPS) is 17.1. The predicted octanol–water partition coefficient (Wildman–Crippen LogP) is 2.06. The summed E-state index contributed by atoms with van der Waals surface area (Å²) >= 11 is 0. The molecule has 0 rings (SSSR count). The molecule has 15 heavy (non-hydrogen) atoms. The van der Waals surface area contributed by atoms with Crippen molar-refractivity contribution >= 4 is 5.91 Å². The van der Waals surface area contributed by atoms with Crippen molar-refractivity contribution in [3.63, 3.8) is 0 Å². The maximum atomic E-state index is 11.1. The van der Waals surface area contributed by atoms with Gasteiger partial charge >= 0.3 is 0 Å². The van der Waals surface area contributed by atoms with Crippen LogP contribution in [0.2, 0.25) is 0 Å². The molecule has 90 valence electrons. The van der Waals surface area contributed by atoms with Gasteiger partial charge in [-0.25, -0.2) is 0 Å². The van der Waals surface area contributed by atoms with Gasteiger partial charge in [0, 0.05) is 12.0 Å². The smallest absolute Gasteiger partial charge is 0.219 e. The van der Waals surface area contributed by atoms with Crippen molar-refractivity contribution in [3.8, 4) is 0 Å². The molecule has 0 spiro atoms. The summed E-state index contributed by atoms with van der Waals surface area (Å²) in [4.78, 5) is 11.1. The highest BCUT2D eigenvalue weighted by molar-refractivity contribution is 5.75. The van der Waals surface area contributed by atoms with Crippen molar-refractivity contribution in [2.24, 2.45) is 11.7 Å². The molecular formula is C12H26N2O. The first kappa shape index (κ1) is 14.4. The number of nitrogens with one attached hydrogen (secondary N) is 1. The lowest BCUT2D eigenvalue weighted by atomic mass is 9.82. The van der Waals surface area contributed by atoms with Gasteiger partial charge in [-0.3, -0.25) is 4.79 Å². The molecule has 0 aromatic rings. The fourth-order valence-electron chi connectivity index (χ4n) is 2.12. The molecule has 0 aliphatic heterocycles. The summed E-state index contributed by atoms with van der Waals surface area (Å²) in [6, 6.07) is 0. The summed E-state index contributed by atoms with van der Waals surface area (Å²) in [5, 5.41) is 3.44. The summed E-state index contributed by atoms with van der Waals surface area (Å²) < 4.78 is 0. The number of nitrogens with two attached hydrogens (primary N) is 1. The van der Waals surface area contributed by atoms with Gasteiger partial charge in [0.25, 0.3) is 0 Å². The molecule has 0 aliphatic rings. The van der Waals surface area contributed by atoms with Crippen LogP contribution in [0.4, 0.5) is 0 Å². The van der Waals surface area contributed by atoms with Crippen LogP contribution < -0.4 is 11.1 Å². The molecule has 0 fully saturated rings. The summed E-state index contributed by atoms with van der Waals surface area (Å²) in [6.45, 7) is 9.48. The van der Waals surface area contributed by atoms with E-state index >= 15 is 0 Å². The zero-order valence-corrected chi connectivity index (χ0v) is 10.6. The van der Waals surface area contributed by atoms with Crippen LogP contribution in [-0.4, -0.2) is 18.0 Å². The molecule has 0 bridgehead atoms. The molecular weight excluding hydrogens is 188 g/mol. The number of hydrogen-bond donors (Lipinski definition) is 2. The third kappa shape index (κ3) is 5.17. The monoisotopic (exact) mass is 214 g/mol. The Bertz CT molecular complexity index is 194. The van der Waals surface area contributed by atoms with Gasteiger partial charge in [0.1, 0.15) is 0 Å². The number of carbonyl (C=O) groups is 1. The lowest BCUT2D eigenvalue weighted by Crippen LogP contribution is -2.48. The average molecular weight is 214 g/mol. The first-order valence-electron chi connectivity index (χ1n) is 6.03. The van der Waals surface area contributed by atoms with Gasteiger partial charge in [-0.05, 0) is 25.3 Å². The van der Waals surface area contributed by atoms with Crippen molar-refractivity contribution in [2.45, 2.75) is 58.9 Å². The number of carbonyl (C=O) groups excluding carboxylic acids is 1. The molecule has 0 saturated carbocycles. The standard InChI is InChI=1S/C12H26N2O/c1-5-10(4)8-12(6-2,14-7-3)9-11(13)15/h10,14H,5-9H2,1-4H3,(H2,13,15). The Balaban J connectivity index is 4.55. The molecule has 0 heterocycles. The molecule has 2 unspecified atom stereocenters. The van der Waals surface area contributed by atoms with Gasteiger partial charge in [-0.2, -0.15) is 0 Å². The Morgan fingerprint density at radius 3 is 2.33 bits per heavy atom. The molecule has 2 atom stereocenters. The van der Waals surface area contributed by atoms with E-state index in [2.05, 4.69) is 33.0 Å². The van der Waals surface area contributed by atoms with Gasteiger partial charge in [-0.1, -0.05) is 34.1 Å². The highest BCUT2D eigenvalue weighted by atomic mass is 16.1. The van der Waals surface area contributed by atoms with Crippen molar-refractivity contribution in [2.75, 3.05) is 6.54 Å². The van der Waals surface area contributed by atoms with Crippen molar-refractivity contribution in [1.29, 1.82) is 0 Å². The van der Waals surface area contributed by atoms with E-state index in [-0.39, 0.29) is 11.4 Å². The first-order chi connectivity index (χ1) is 6.99. The van der Waals surface area contributed by atoms with Crippen molar-refractivity contribution < 1.29 is 4.79 Å². The molecule has 0 aromatic heterocycles. The minimum atomic E-state index is -0.207. The van der Waals surface area contributed by atoms with Crippen LogP contribution >= 0.6 is 0 Å². The maximum absolute atomic E-state index is 11.1. The zero-order valence-electron chi connectivity index (χ0n) is 10.6. The SMILES string of the molecule is CCNC(CC)(CC(N)=O)CC(C)CC. The number of amides is 1. The van der Waals surface area contributed by atoms with Crippen LogP contribution in [0.25, 0.3) is 0 Å². The third-order valence-electron chi connectivity index (χ3n) is 3.18. The van der Waals surface area contributed by atoms with Crippen LogP contribution in [0.3, 0.4) is 0 Å². The predicted molar refractivity (Wildman–Crippen MR) is 64.6 cm³/mol. The molecule has 0 aromatic carbocycles. The van der Waals surface area contributed by atoms with Gasteiger partial charge < -0.3 is 11.1 Å².